The summed E-state index contributed by atoms with van der Waals surface area (Å²) in [6.45, 7) is 2.14. The highest BCUT2D eigenvalue weighted by Crippen LogP contribution is 2.10. The van der Waals surface area contributed by atoms with Gasteiger partial charge in [0, 0.05) is 25.2 Å². The van der Waals surface area contributed by atoms with Crippen LogP contribution < -0.4 is 0 Å². The number of nitrogens with zero attached hydrogens (tertiary/aromatic N) is 1. The zero-order valence-corrected chi connectivity index (χ0v) is 11.6. The fourth-order valence-electron chi connectivity index (χ4n) is 1.65. The number of amides is 1. The summed E-state index contributed by atoms with van der Waals surface area (Å²) < 4.78 is 0. The third kappa shape index (κ3) is 5.24. The number of carboxylic acid groups (broad SMARTS) is 1. The van der Waals surface area contributed by atoms with E-state index in [2.05, 4.69) is 0 Å². The normalized spacial score (nSPS) is 12.3. The highest BCUT2D eigenvalue weighted by atomic mass is 16.4. The number of carbonyl (C=O) groups excluding carboxylic acids is 1. The van der Waals surface area contributed by atoms with E-state index in [1.807, 2.05) is 0 Å². The van der Waals surface area contributed by atoms with Crippen LogP contribution in [-0.2, 0) is 4.79 Å². The molecule has 0 saturated heterocycles. The van der Waals surface area contributed by atoms with E-state index in [1.165, 1.54) is 11.0 Å². The van der Waals surface area contributed by atoms with Gasteiger partial charge in [0.1, 0.15) is 0 Å². The number of hydrogen-bond donors (Lipinski definition) is 2. The van der Waals surface area contributed by atoms with Crippen molar-refractivity contribution in [1.29, 1.82) is 0 Å². The second kappa shape index (κ2) is 7.45. The molecule has 0 aliphatic rings. The monoisotopic (exact) mass is 277 g/mol. The van der Waals surface area contributed by atoms with Gasteiger partial charge in [0.15, 0.2) is 0 Å². The van der Waals surface area contributed by atoms with Crippen LogP contribution in [0.1, 0.15) is 29.3 Å². The lowest BCUT2D eigenvalue weighted by Crippen LogP contribution is -2.29. The van der Waals surface area contributed by atoms with E-state index in [4.69, 9.17) is 5.11 Å². The summed E-state index contributed by atoms with van der Waals surface area (Å²) in [4.78, 5) is 24.1. The van der Waals surface area contributed by atoms with Crippen LogP contribution in [0.5, 0.6) is 0 Å². The van der Waals surface area contributed by atoms with Gasteiger partial charge in [-0.25, -0.2) is 4.79 Å². The number of aliphatic carboxylic acids is 1. The molecular formula is C15H19NO4. The molecular weight excluding hydrogens is 258 g/mol. The summed E-state index contributed by atoms with van der Waals surface area (Å²) in [5.41, 5.74) is 1.15. The molecule has 1 amide bonds. The number of aliphatic hydroxyl groups is 1. The van der Waals surface area contributed by atoms with Crippen LogP contribution in [0.15, 0.2) is 30.3 Å². The predicted octanol–water partition coefficient (Wildman–Crippen LogP) is 1.63. The Balaban J connectivity index is 2.78. The number of carbonyl (C=O) groups is 2. The van der Waals surface area contributed by atoms with E-state index in [-0.39, 0.29) is 5.91 Å². The van der Waals surface area contributed by atoms with Crippen molar-refractivity contribution >= 4 is 18.0 Å². The van der Waals surface area contributed by atoms with Gasteiger partial charge in [-0.3, -0.25) is 4.79 Å². The van der Waals surface area contributed by atoms with Gasteiger partial charge in [0.2, 0.25) is 0 Å². The average molecular weight is 277 g/mol. The topological polar surface area (TPSA) is 77.8 Å². The van der Waals surface area contributed by atoms with Crippen molar-refractivity contribution in [2.24, 2.45) is 0 Å². The fourth-order valence-corrected chi connectivity index (χ4v) is 1.65. The first-order valence-electron chi connectivity index (χ1n) is 6.34. The maximum atomic E-state index is 12.2. The molecule has 1 rings (SSSR count). The summed E-state index contributed by atoms with van der Waals surface area (Å²) in [5.74, 6) is -1.19. The Kier molecular flexibility index (Phi) is 5.93. The molecule has 5 heteroatoms. The van der Waals surface area contributed by atoms with Crippen LogP contribution in [0.4, 0.5) is 0 Å². The summed E-state index contributed by atoms with van der Waals surface area (Å²) >= 11 is 0. The van der Waals surface area contributed by atoms with E-state index < -0.39 is 12.1 Å². The third-order valence-corrected chi connectivity index (χ3v) is 2.78. The Hall–Kier alpha value is -2.14. The minimum Gasteiger partial charge on any atom is -0.478 e. The van der Waals surface area contributed by atoms with E-state index in [0.29, 0.717) is 24.1 Å². The van der Waals surface area contributed by atoms with Gasteiger partial charge in [0.05, 0.1) is 6.10 Å². The standard InChI is InChI=1S/C15H19NO4/c1-11(17)8-9-16(2)15(20)13-5-3-4-12(10-13)6-7-14(18)19/h3-7,10-11,17H,8-9H2,1-2H3,(H,18,19)/b7-6+. The highest BCUT2D eigenvalue weighted by molar-refractivity contribution is 5.95. The molecule has 1 unspecified atom stereocenters. The number of rotatable bonds is 6. The Bertz CT molecular complexity index is 508. The molecule has 1 aromatic rings. The molecule has 0 saturated carbocycles. The van der Waals surface area contributed by atoms with Crippen molar-refractivity contribution in [3.8, 4) is 0 Å². The number of aliphatic hydroxyl groups excluding tert-OH is 1. The zero-order valence-electron chi connectivity index (χ0n) is 11.6. The Morgan fingerprint density at radius 2 is 2.10 bits per heavy atom. The quantitative estimate of drug-likeness (QED) is 0.775. The number of carboxylic acids is 1. The molecule has 0 aliphatic carbocycles. The van der Waals surface area contributed by atoms with Crippen molar-refractivity contribution < 1.29 is 19.8 Å². The van der Waals surface area contributed by atoms with Crippen LogP contribution in [0.2, 0.25) is 0 Å². The molecule has 1 atom stereocenters. The van der Waals surface area contributed by atoms with Crippen molar-refractivity contribution in [2.45, 2.75) is 19.4 Å². The van der Waals surface area contributed by atoms with Gasteiger partial charge in [-0.15, -0.1) is 0 Å². The van der Waals surface area contributed by atoms with E-state index in [1.54, 1.807) is 38.2 Å². The molecule has 0 spiro atoms. The summed E-state index contributed by atoms with van der Waals surface area (Å²) in [6, 6.07) is 6.75. The Morgan fingerprint density at radius 1 is 1.40 bits per heavy atom. The molecule has 0 radical (unpaired) electrons. The number of hydrogen-bond acceptors (Lipinski definition) is 3. The molecule has 108 valence electrons. The first-order chi connectivity index (χ1) is 9.40. The largest absolute Gasteiger partial charge is 0.478 e. The first-order valence-corrected chi connectivity index (χ1v) is 6.34. The lowest BCUT2D eigenvalue weighted by molar-refractivity contribution is -0.131. The van der Waals surface area contributed by atoms with Crippen LogP contribution >= 0.6 is 0 Å². The van der Waals surface area contributed by atoms with Crippen LogP contribution in [-0.4, -0.2) is 46.7 Å². The molecule has 5 nitrogen and oxygen atoms in total. The second-order valence-electron chi connectivity index (χ2n) is 4.66. The van der Waals surface area contributed by atoms with Gasteiger partial charge >= 0.3 is 5.97 Å². The van der Waals surface area contributed by atoms with Gasteiger partial charge in [-0.1, -0.05) is 12.1 Å². The van der Waals surface area contributed by atoms with Crippen LogP contribution in [0.25, 0.3) is 6.08 Å². The molecule has 1 aromatic carbocycles. The molecule has 0 heterocycles. The SMILES string of the molecule is CC(O)CCN(C)C(=O)c1cccc(/C=C/C(=O)O)c1. The third-order valence-electron chi connectivity index (χ3n) is 2.78. The van der Waals surface area contributed by atoms with Gasteiger partial charge in [-0.05, 0) is 37.1 Å². The van der Waals surface area contributed by atoms with Gasteiger partial charge < -0.3 is 15.1 Å². The minimum atomic E-state index is -1.03. The highest BCUT2D eigenvalue weighted by Gasteiger charge is 2.12. The summed E-state index contributed by atoms with van der Waals surface area (Å²) in [6.07, 6.45) is 2.53. The van der Waals surface area contributed by atoms with E-state index in [9.17, 15) is 14.7 Å². The second-order valence-corrected chi connectivity index (χ2v) is 4.66. The maximum absolute atomic E-state index is 12.2. The molecule has 0 fully saturated rings. The van der Waals surface area contributed by atoms with Crippen molar-refractivity contribution in [3.63, 3.8) is 0 Å². The van der Waals surface area contributed by atoms with Crippen molar-refractivity contribution in [2.75, 3.05) is 13.6 Å². The lowest BCUT2D eigenvalue weighted by atomic mass is 10.1. The average Bonchev–Trinajstić information content (AvgIpc) is 2.42. The van der Waals surface area contributed by atoms with Crippen LogP contribution in [0, 0.1) is 0 Å². The fraction of sp³-hybridized carbons (Fsp3) is 0.333. The van der Waals surface area contributed by atoms with Crippen molar-refractivity contribution in [3.05, 3.63) is 41.5 Å². The van der Waals surface area contributed by atoms with E-state index >= 15 is 0 Å². The maximum Gasteiger partial charge on any atom is 0.328 e. The minimum absolute atomic E-state index is 0.156. The zero-order chi connectivity index (χ0) is 15.1. The van der Waals surface area contributed by atoms with Crippen molar-refractivity contribution in [1.82, 2.24) is 4.90 Å². The molecule has 0 aromatic heterocycles. The molecule has 0 bridgehead atoms. The Morgan fingerprint density at radius 3 is 2.70 bits per heavy atom. The smallest absolute Gasteiger partial charge is 0.328 e. The Labute approximate surface area is 118 Å². The predicted molar refractivity (Wildman–Crippen MR) is 76.4 cm³/mol. The number of benzene rings is 1. The molecule has 0 aliphatic heterocycles. The molecule has 2 N–H and O–H groups in total. The van der Waals surface area contributed by atoms with Gasteiger partial charge in [-0.2, -0.15) is 0 Å². The first kappa shape index (κ1) is 15.9. The summed E-state index contributed by atoms with van der Waals surface area (Å²) in [7, 11) is 1.67. The lowest BCUT2D eigenvalue weighted by Gasteiger charge is -2.18. The molecule has 20 heavy (non-hydrogen) atoms. The van der Waals surface area contributed by atoms with E-state index in [0.717, 1.165) is 6.08 Å². The van der Waals surface area contributed by atoms with Crippen LogP contribution in [0.3, 0.4) is 0 Å². The summed E-state index contributed by atoms with van der Waals surface area (Å²) in [5, 5.41) is 17.8. The van der Waals surface area contributed by atoms with Gasteiger partial charge in [0.25, 0.3) is 5.91 Å².